The third kappa shape index (κ3) is 4.89. The van der Waals surface area contributed by atoms with Gasteiger partial charge in [0.25, 0.3) is 0 Å². The lowest BCUT2D eigenvalue weighted by Gasteiger charge is -2.23. The standard InChI is InChI=1S/C15H26N2O2S/c1-4-13(3)11-17(5-2)20(18,19)12-15-8-6-7-14(9-15)10-16/h6-9,13H,4-5,10-12,16H2,1-3H3. The lowest BCUT2D eigenvalue weighted by molar-refractivity contribution is 0.361. The van der Waals surface area contributed by atoms with Crippen molar-refractivity contribution in [3.63, 3.8) is 0 Å². The van der Waals surface area contributed by atoms with E-state index in [2.05, 4.69) is 13.8 Å². The minimum atomic E-state index is -3.26. The third-order valence-corrected chi connectivity index (χ3v) is 5.43. The van der Waals surface area contributed by atoms with Gasteiger partial charge >= 0.3 is 0 Å². The maximum atomic E-state index is 12.5. The van der Waals surface area contributed by atoms with Crippen LogP contribution < -0.4 is 5.73 Å². The van der Waals surface area contributed by atoms with Gasteiger partial charge in [0.15, 0.2) is 0 Å². The van der Waals surface area contributed by atoms with Gasteiger partial charge in [-0.2, -0.15) is 0 Å². The Morgan fingerprint density at radius 1 is 1.25 bits per heavy atom. The topological polar surface area (TPSA) is 63.4 Å². The van der Waals surface area contributed by atoms with E-state index >= 15 is 0 Å². The van der Waals surface area contributed by atoms with E-state index < -0.39 is 10.0 Å². The van der Waals surface area contributed by atoms with E-state index in [0.29, 0.717) is 25.6 Å². The average molecular weight is 298 g/mol. The van der Waals surface area contributed by atoms with E-state index in [1.807, 2.05) is 31.2 Å². The number of nitrogens with zero attached hydrogens (tertiary/aromatic N) is 1. The molecule has 0 bridgehead atoms. The van der Waals surface area contributed by atoms with Gasteiger partial charge in [0, 0.05) is 19.6 Å². The molecule has 0 aromatic heterocycles. The summed E-state index contributed by atoms with van der Waals surface area (Å²) in [7, 11) is -3.26. The van der Waals surface area contributed by atoms with Gasteiger partial charge in [-0.15, -0.1) is 0 Å². The van der Waals surface area contributed by atoms with Crippen molar-refractivity contribution < 1.29 is 8.42 Å². The molecule has 0 aliphatic heterocycles. The Bertz CT molecular complexity index is 514. The highest BCUT2D eigenvalue weighted by molar-refractivity contribution is 7.88. The van der Waals surface area contributed by atoms with Crippen molar-refractivity contribution in [1.29, 1.82) is 0 Å². The van der Waals surface area contributed by atoms with Crippen LogP contribution in [0.25, 0.3) is 0 Å². The van der Waals surface area contributed by atoms with Crippen LogP contribution >= 0.6 is 0 Å². The molecule has 0 amide bonds. The molecule has 1 rings (SSSR count). The van der Waals surface area contributed by atoms with Gasteiger partial charge in [0.1, 0.15) is 0 Å². The quantitative estimate of drug-likeness (QED) is 0.801. The molecule has 1 atom stereocenters. The molecular formula is C15H26N2O2S. The zero-order chi connectivity index (χ0) is 15.2. The first kappa shape index (κ1) is 17.1. The second-order valence-corrected chi connectivity index (χ2v) is 7.21. The van der Waals surface area contributed by atoms with E-state index in [-0.39, 0.29) is 5.75 Å². The fraction of sp³-hybridized carbons (Fsp3) is 0.600. The summed E-state index contributed by atoms with van der Waals surface area (Å²) in [6.07, 6.45) is 0.981. The first-order chi connectivity index (χ1) is 9.42. The SMILES string of the molecule is CCC(C)CN(CC)S(=O)(=O)Cc1cccc(CN)c1. The monoisotopic (exact) mass is 298 g/mol. The molecule has 0 radical (unpaired) electrons. The molecule has 114 valence electrons. The lowest BCUT2D eigenvalue weighted by atomic mass is 10.1. The molecule has 0 spiro atoms. The number of hydrogen-bond acceptors (Lipinski definition) is 3. The van der Waals surface area contributed by atoms with Crippen LogP contribution in [0.1, 0.15) is 38.3 Å². The molecule has 2 N–H and O–H groups in total. The molecule has 0 aliphatic rings. The van der Waals surface area contributed by atoms with Crippen LogP contribution in [0.4, 0.5) is 0 Å². The van der Waals surface area contributed by atoms with Crippen LogP contribution in [0.3, 0.4) is 0 Å². The van der Waals surface area contributed by atoms with Gasteiger partial charge in [-0.05, 0) is 17.0 Å². The first-order valence-corrected chi connectivity index (χ1v) is 8.79. The molecule has 1 aromatic carbocycles. The van der Waals surface area contributed by atoms with Crippen molar-refractivity contribution in [2.24, 2.45) is 11.7 Å². The number of nitrogens with two attached hydrogens (primary N) is 1. The summed E-state index contributed by atoms with van der Waals surface area (Å²) in [5, 5.41) is 0. The zero-order valence-electron chi connectivity index (χ0n) is 12.7. The average Bonchev–Trinajstić information content (AvgIpc) is 2.43. The second-order valence-electron chi connectivity index (χ2n) is 5.24. The maximum absolute atomic E-state index is 12.5. The Morgan fingerprint density at radius 2 is 1.90 bits per heavy atom. The van der Waals surface area contributed by atoms with Crippen molar-refractivity contribution in [3.8, 4) is 0 Å². The highest BCUT2D eigenvalue weighted by Gasteiger charge is 2.22. The Balaban J connectivity index is 2.86. The number of rotatable bonds is 8. The smallest absolute Gasteiger partial charge is 0.218 e. The van der Waals surface area contributed by atoms with E-state index in [0.717, 1.165) is 17.5 Å². The lowest BCUT2D eigenvalue weighted by Crippen LogP contribution is -2.35. The Kier molecular flexibility index (Phi) is 6.65. The van der Waals surface area contributed by atoms with Gasteiger partial charge in [0.05, 0.1) is 5.75 Å². The second kappa shape index (κ2) is 7.76. The predicted octanol–water partition coefficient (Wildman–Crippen LogP) is 2.34. The largest absolute Gasteiger partial charge is 0.326 e. The minimum Gasteiger partial charge on any atom is -0.326 e. The van der Waals surface area contributed by atoms with Gasteiger partial charge in [0.2, 0.25) is 10.0 Å². The van der Waals surface area contributed by atoms with E-state index in [1.165, 1.54) is 0 Å². The maximum Gasteiger partial charge on any atom is 0.218 e. The molecular weight excluding hydrogens is 272 g/mol. The molecule has 0 fully saturated rings. The van der Waals surface area contributed by atoms with Crippen molar-refractivity contribution in [2.75, 3.05) is 13.1 Å². The summed E-state index contributed by atoms with van der Waals surface area (Å²) < 4.78 is 26.5. The number of sulfonamides is 1. The third-order valence-electron chi connectivity index (χ3n) is 3.53. The van der Waals surface area contributed by atoms with Crippen LogP contribution in [0.15, 0.2) is 24.3 Å². The summed E-state index contributed by atoms with van der Waals surface area (Å²) in [5.41, 5.74) is 7.35. The van der Waals surface area contributed by atoms with E-state index in [4.69, 9.17) is 5.73 Å². The molecule has 1 unspecified atom stereocenters. The fourth-order valence-electron chi connectivity index (χ4n) is 2.06. The van der Waals surface area contributed by atoms with Gasteiger partial charge in [-0.3, -0.25) is 0 Å². The van der Waals surface area contributed by atoms with Crippen molar-refractivity contribution in [1.82, 2.24) is 4.31 Å². The van der Waals surface area contributed by atoms with Crippen LogP contribution in [-0.2, 0) is 22.3 Å². The Labute approximate surface area is 123 Å². The Hall–Kier alpha value is -0.910. The zero-order valence-corrected chi connectivity index (χ0v) is 13.5. The summed E-state index contributed by atoms with van der Waals surface area (Å²) in [4.78, 5) is 0. The normalized spacial score (nSPS) is 13.7. The van der Waals surface area contributed by atoms with Gasteiger partial charge in [-0.1, -0.05) is 51.5 Å². The van der Waals surface area contributed by atoms with Crippen molar-refractivity contribution in [3.05, 3.63) is 35.4 Å². The molecule has 5 heteroatoms. The molecule has 1 aromatic rings. The molecule has 0 saturated carbocycles. The van der Waals surface area contributed by atoms with Crippen LogP contribution in [0.5, 0.6) is 0 Å². The first-order valence-electron chi connectivity index (χ1n) is 7.18. The summed E-state index contributed by atoms with van der Waals surface area (Å²) in [6, 6.07) is 7.48. The van der Waals surface area contributed by atoms with Gasteiger partial charge in [-0.25, -0.2) is 12.7 Å². The summed E-state index contributed by atoms with van der Waals surface area (Å²) in [5.74, 6) is 0.422. The van der Waals surface area contributed by atoms with Crippen molar-refractivity contribution in [2.45, 2.75) is 39.5 Å². The predicted molar refractivity (Wildman–Crippen MR) is 83.7 cm³/mol. The fourth-order valence-corrected chi connectivity index (χ4v) is 3.72. The number of benzene rings is 1. The summed E-state index contributed by atoms with van der Waals surface area (Å²) >= 11 is 0. The highest BCUT2D eigenvalue weighted by Crippen LogP contribution is 2.15. The highest BCUT2D eigenvalue weighted by atomic mass is 32.2. The van der Waals surface area contributed by atoms with Crippen LogP contribution in [0, 0.1) is 5.92 Å². The van der Waals surface area contributed by atoms with Crippen molar-refractivity contribution >= 4 is 10.0 Å². The molecule has 0 saturated heterocycles. The molecule has 20 heavy (non-hydrogen) atoms. The summed E-state index contributed by atoms with van der Waals surface area (Å²) in [6.45, 7) is 7.58. The van der Waals surface area contributed by atoms with E-state index in [9.17, 15) is 8.42 Å². The minimum absolute atomic E-state index is 0.0467. The van der Waals surface area contributed by atoms with Crippen LogP contribution in [-0.4, -0.2) is 25.8 Å². The Morgan fingerprint density at radius 3 is 2.45 bits per heavy atom. The molecule has 0 aliphatic carbocycles. The number of hydrogen-bond donors (Lipinski definition) is 1. The van der Waals surface area contributed by atoms with E-state index in [1.54, 1.807) is 4.31 Å². The van der Waals surface area contributed by atoms with Gasteiger partial charge < -0.3 is 5.73 Å². The van der Waals surface area contributed by atoms with Crippen LogP contribution in [0.2, 0.25) is 0 Å². The molecule has 4 nitrogen and oxygen atoms in total. The molecule has 0 heterocycles.